The molecule has 0 bridgehead atoms. The van der Waals surface area contributed by atoms with Gasteiger partial charge in [-0.25, -0.2) is 12.8 Å². The van der Waals surface area contributed by atoms with Crippen LogP contribution in [0.4, 0.5) is 4.39 Å². The summed E-state index contributed by atoms with van der Waals surface area (Å²) in [6, 6.07) is 14.2. The Morgan fingerprint density at radius 1 is 1.17 bits per heavy atom. The molecule has 0 saturated carbocycles. The molecule has 8 nitrogen and oxygen atoms in total. The van der Waals surface area contributed by atoms with Gasteiger partial charge in [0.15, 0.2) is 5.60 Å². The lowest BCUT2D eigenvalue weighted by Gasteiger charge is -2.48. The molecule has 1 fully saturated rings. The lowest BCUT2D eigenvalue weighted by atomic mass is 9.87. The molecule has 1 aromatic heterocycles. The van der Waals surface area contributed by atoms with E-state index in [9.17, 15) is 17.6 Å². The average molecular weight is 558 g/mol. The predicted molar refractivity (Wildman–Crippen MR) is 137 cm³/mol. The van der Waals surface area contributed by atoms with Gasteiger partial charge in [0.25, 0.3) is 0 Å². The number of benzene rings is 2. The summed E-state index contributed by atoms with van der Waals surface area (Å²) in [5.74, 6) is -1.10. The van der Waals surface area contributed by atoms with Crippen molar-refractivity contribution in [2.24, 2.45) is 5.73 Å². The summed E-state index contributed by atoms with van der Waals surface area (Å²) in [6.07, 6.45) is 1.56. The number of halogens is 3. The molecule has 12 heteroatoms. The maximum absolute atomic E-state index is 13.5. The normalized spacial score (nSPS) is 15.5. The number of carboxylic acids is 1. The van der Waals surface area contributed by atoms with Crippen LogP contribution in [-0.2, 0) is 26.8 Å². The molecule has 4 rings (SSSR count). The van der Waals surface area contributed by atoms with Crippen molar-refractivity contribution in [3.05, 3.63) is 89.5 Å². The molecule has 1 atom stereocenters. The second-order valence-corrected chi connectivity index (χ2v) is 10.2. The molecule has 1 aliphatic heterocycles. The van der Waals surface area contributed by atoms with Crippen LogP contribution >= 0.6 is 24.8 Å². The van der Waals surface area contributed by atoms with Crippen molar-refractivity contribution in [1.29, 1.82) is 0 Å². The zero-order valence-corrected chi connectivity index (χ0v) is 21.7. The van der Waals surface area contributed by atoms with Crippen LogP contribution in [-0.4, -0.2) is 47.9 Å². The number of sulfonamides is 1. The smallest absolute Gasteiger partial charge is 0.320 e. The first kappa shape index (κ1) is 29.5. The first-order valence-electron chi connectivity index (χ1n) is 10.5. The number of aryl methyl sites for hydroxylation is 1. The summed E-state index contributed by atoms with van der Waals surface area (Å²) in [7, 11) is -3.89. The van der Waals surface area contributed by atoms with Gasteiger partial charge in [-0.1, -0.05) is 24.3 Å². The highest BCUT2D eigenvalue weighted by molar-refractivity contribution is 7.89. The van der Waals surface area contributed by atoms with Crippen LogP contribution in [0.15, 0.2) is 71.8 Å². The zero-order valence-electron chi connectivity index (χ0n) is 19.2. The van der Waals surface area contributed by atoms with Crippen molar-refractivity contribution in [3.8, 4) is 5.75 Å². The van der Waals surface area contributed by atoms with Crippen LogP contribution in [0.3, 0.4) is 0 Å². The average Bonchev–Trinajstić information content (AvgIpc) is 2.78. The molecular weight excluding hydrogens is 532 g/mol. The number of aromatic nitrogens is 1. The first-order valence-corrected chi connectivity index (χ1v) is 12.0. The van der Waals surface area contributed by atoms with Crippen molar-refractivity contribution in [3.63, 3.8) is 0 Å². The number of hydrogen-bond donors (Lipinski definition) is 2. The highest BCUT2D eigenvalue weighted by atomic mass is 35.5. The number of aliphatic carboxylic acids is 1. The van der Waals surface area contributed by atoms with Gasteiger partial charge in [0.05, 0.1) is 24.2 Å². The Hall–Kier alpha value is -2.76. The summed E-state index contributed by atoms with van der Waals surface area (Å²) in [5.41, 5.74) is 6.53. The van der Waals surface area contributed by atoms with E-state index < -0.39 is 33.5 Å². The predicted octanol–water partition coefficient (Wildman–Crippen LogP) is 3.31. The second-order valence-electron chi connectivity index (χ2n) is 8.31. The molecule has 0 radical (unpaired) electrons. The lowest BCUT2D eigenvalue weighted by Crippen LogP contribution is -2.64. The van der Waals surface area contributed by atoms with E-state index in [4.69, 9.17) is 15.6 Å². The number of nitrogens with two attached hydrogens (primary N) is 1. The topological polar surface area (TPSA) is 123 Å². The van der Waals surface area contributed by atoms with Gasteiger partial charge in [0.2, 0.25) is 10.0 Å². The Morgan fingerprint density at radius 3 is 2.42 bits per heavy atom. The third-order valence-corrected chi connectivity index (χ3v) is 7.53. The molecule has 0 aliphatic carbocycles. The van der Waals surface area contributed by atoms with Crippen molar-refractivity contribution >= 4 is 40.8 Å². The molecular formula is C24H26Cl2FN3O5S. The van der Waals surface area contributed by atoms with Gasteiger partial charge in [0, 0.05) is 5.69 Å². The van der Waals surface area contributed by atoms with Crippen LogP contribution in [0.5, 0.6) is 5.75 Å². The summed E-state index contributed by atoms with van der Waals surface area (Å²) in [6.45, 7) is 1.86. The minimum atomic E-state index is -3.89. The third kappa shape index (κ3) is 6.13. The Morgan fingerprint density at radius 2 is 1.83 bits per heavy atom. The van der Waals surface area contributed by atoms with Crippen LogP contribution in [0.1, 0.15) is 16.8 Å². The number of ether oxygens (including phenoxy) is 1. The van der Waals surface area contributed by atoms with E-state index in [1.165, 1.54) is 28.6 Å². The van der Waals surface area contributed by atoms with E-state index in [1.807, 2.05) is 6.92 Å². The Balaban J connectivity index is 0.00000228. The number of hydrogen-bond acceptors (Lipinski definition) is 6. The van der Waals surface area contributed by atoms with Crippen LogP contribution in [0.25, 0.3) is 0 Å². The van der Waals surface area contributed by atoms with Crippen molar-refractivity contribution in [1.82, 2.24) is 9.29 Å². The molecule has 194 valence electrons. The minimum absolute atomic E-state index is 0. The van der Waals surface area contributed by atoms with Gasteiger partial charge in [-0.05, 0) is 60.9 Å². The molecule has 36 heavy (non-hydrogen) atoms. The second kappa shape index (κ2) is 11.5. The van der Waals surface area contributed by atoms with E-state index >= 15 is 0 Å². The fourth-order valence-corrected chi connectivity index (χ4v) is 5.42. The number of pyridine rings is 1. The number of rotatable bonds is 8. The van der Waals surface area contributed by atoms with Gasteiger partial charge in [-0.3, -0.25) is 9.78 Å². The maximum atomic E-state index is 13.5. The fourth-order valence-electron chi connectivity index (χ4n) is 3.82. The lowest BCUT2D eigenvalue weighted by molar-refractivity contribution is -0.138. The zero-order chi connectivity index (χ0) is 24.5. The Labute approximate surface area is 221 Å². The van der Waals surface area contributed by atoms with Gasteiger partial charge >= 0.3 is 5.97 Å². The molecule has 0 unspecified atom stereocenters. The van der Waals surface area contributed by atoms with Crippen LogP contribution in [0.2, 0.25) is 0 Å². The van der Waals surface area contributed by atoms with Crippen molar-refractivity contribution in [2.45, 2.75) is 29.9 Å². The van der Waals surface area contributed by atoms with E-state index in [1.54, 1.807) is 42.6 Å². The van der Waals surface area contributed by atoms with Gasteiger partial charge in [0.1, 0.15) is 17.6 Å². The summed E-state index contributed by atoms with van der Waals surface area (Å²) >= 11 is 0. The monoisotopic (exact) mass is 557 g/mol. The summed E-state index contributed by atoms with van der Waals surface area (Å²) in [4.78, 5) is 15.3. The maximum Gasteiger partial charge on any atom is 0.320 e. The number of carboxylic acid groups (broad SMARTS) is 1. The molecule has 1 aliphatic rings. The van der Waals surface area contributed by atoms with Gasteiger partial charge in [-0.15, -0.1) is 24.8 Å². The molecule has 0 spiro atoms. The SMILES string of the molecule is Cc1ccc(OC2(c3ccc(F)cc3)CN(S(=O)(=O)c3cccc(C[C@H](N)C(=O)O)c3)C2)cn1.Cl.Cl. The first-order chi connectivity index (χ1) is 16.1. The largest absolute Gasteiger partial charge is 0.480 e. The van der Waals surface area contributed by atoms with Crippen LogP contribution < -0.4 is 10.5 Å². The number of carbonyl (C=O) groups is 1. The highest BCUT2D eigenvalue weighted by Crippen LogP contribution is 2.40. The van der Waals surface area contributed by atoms with E-state index in [0.29, 0.717) is 16.9 Å². The van der Waals surface area contributed by atoms with Gasteiger partial charge < -0.3 is 15.6 Å². The molecule has 1 saturated heterocycles. The van der Waals surface area contributed by atoms with Crippen molar-refractivity contribution < 1.29 is 27.4 Å². The van der Waals surface area contributed by atoms with E-state index in [0.717, 1.165) is 5.69 Å². The summed E-state index contributed by atoms with van der Waals surface area (Å²) < 4.78 is 47.6. The van der Waals surface area contributed by atoms with E-state index in [2.05, 4.69) is 4.98 Å². The molecule has 0 amide bonds. The number of nitrogens with zero attached hydrogens (tertiary/aromatic N) is 2. The fraction of sp³-hybridized carbons (Fsp3) is 0.250. The Kier molecular flexibility index (Phi) is 9.44. The Bertz CT molecular complexity index is 1300. The minimum Gasteiger partial charge on any atom is -0.480 e. The summed E-state index contributed by atoms with van der Waals surface area (Å²) in [5, 5.41) is 9.03. The standard InChI is InChI=1S/C24H24FN3O5S.2ClH/c1-16-5-10-20(13-27-16)33-24(18-6-8-19(25)9-7-18)14-28(15-24)34(31,32)21-4-2-3-17(11-21)12-22(26)23(29)30;;/h2-11,13,22H,12,14-15,26H2,1H3,(H,29,30);2*1H/t22-;;/m0../s1. The molecule has 3 N–H and O–H groups in total. The van der Waals surface area contributed by atoms with Crippen LogP contribution in [0, 0.1) is 12.7 Å². The molecule has 2 aromatic carbocycles. The van der Waals surface area contributed by atoms with E-state index in [-0.39, 0.29) is 49.2 Å². The third-order valence-electron chi connectivity index (χ3n) is 5.74. The van der Waals surface area contributed by atoms with Gasteiger partial charge in [-0.2, -0.15) is 4.31 Å². The highest BCUT2D eigenvalue weighted by Gasteiger charge is 2.52. The molecule has 2 heterocycles. The van der Waals surface area contributed by atoms with Crippen molar-refractivity contribution in [2.75, 3.05) is 13.1 Å². The quantitative estimate of drug-likeness (QED) is 0.435. The molecule has 3 aromatic rings.